The summed E-state index contributed by atoms with van der Waals surface area (Å²) in [6.45, 7) is 8.69. The van der Waals surface area contributed by atoms with Gasteiger partial charge in [0.2, 0.25) is 0 Å². The predicted octanol–water partition coefficient (Wildman–Crippen LogP) is 4.29. The summed E-state index contributed by atoms with van der Waals surface area (Å²) in [4.78, 5) is 13.4. The van der Waals surface area contributed by atoms with Crippen LogP contribution in [0.4, 0.5) is 5.69 Å². The van der Waals surface area contributed by atoms with Crippen LogP contribution in [0, 0.1) is 6.92 Å². The number of nitrogen functional groups attached to an aromatic ring is 1. The minimum atomic E-state index is -0.320. The molecule has 21 heavy (non-hydrogen) atoms. The lowest BCUT2D eigenvalue weighted by Gasteiger charge is -2.19. The monoisotopic (exact) mass is 303 g/mol. The standard InChI is InChI=1S/C17H21NO2S/c1-11-14(18)9-15(21-11)16(19)20-10-12-5-7-13(8-6-12)17(2,3)4/h5-9H,10,18H2,1-4H3. The van der Waals surface area contributed by atoms with E-state index in [9.17, 15) is 4.79 Å². The molecule has 0 aliphatic heterocycles. The normalized spacial score (nSPS) is 11.4. The topological polar surface area (TPSA) is 52.3 Å². The molecule has 0 amide bonds. The first-order valence-electron chi connectivity index (χ1n) is 6.90. The Balaban J connectivity index is 1.98. The molecule has 1 heterocycles. The van der Waals surface area contributed by atoms with Crippen LogP contribution in [0.5, 0.6) is 0 Å². The average Bonchev–Trinajstić information content (AvgIpc) is 2.75. The van der Waals surface area contributed by atoms with Gasteiger partial charge in [-0.15, -0.1) is 11.3 Å². The van der Waals surface area contributed by atoms with Crippen molar-refractivity contribution in [2.75, 3.05) is 5.73 Å². The van der Waals surface area contributed by atoms with E-state index in [1.807, 2.05) is 19.1 Å². The van der Waals surface area contributed by atoms with Crippen molar-refractivity contribution in [3.05, 3.63) is 51.2 Å². The third-order valence-corrected chi connectivity index (χ3v) is 4.39. The molecule has 0 fully saturated rings. The van der Waals surface area contributed by atoms with Crippen molar-refractivity contribution >= 4 is 23.0 Å². The van der Waals surface area contributed by atoms with Crippen LogP contribution in [-0.2, 0) is 16.8 Å². The number of nitrogens with two attached hydrogens (primary N) is 1. The number of hydrogen-bond donors (Lipinski definition) is 1. The van der Waals surface area contributed by atoms with Crippen molar-refractivity contribution < 1.29 is 9.53 Å². The lowest BCUT2D eigenvalue weighted by molar-refractivity contribution is 0.0478. The van der Waals surface area contributed by atoms with Gasteiger partial charge in [0.1, 0.15) is 11.5 Å². The SMILES string of the molecule is Cc1sc(C(=O)OCc2ccc(C(C)(C)C)cc2)cc1N. The molecular formula is C17H21NO2S. The van der Waals surface area contributed by atoms with Crippen molar-refractivity contribution in [1.29, 1.82) is 0 Å². The molecule has 1 aromatic carbocycles. The Morgan fingerprint density at radius 2 is 1.86 bits per heavy atom. The maximum absolute atomic E-state index is 11.9. The first-order valence-corrected chi connectivity index (χ1v) is 7.71. The van der Waals surface area contributed by atoms with Crippen LogP contribution in [0.2, 0.25) is 0 Å². The first kappa shape index (κ1) is 15.6. The van der Waals surface area contributed by atoms with Gasteiger partial charge < -0.3 is 10.5 Å². The van der Waals surface area contributed by atoms with E-state index in [1.165, 1.54) is 16.9 Å². The van der Waals surface area contributed by atoms with Crippen LogP contribution in [0.3, 0.4) is 0 Å². The Morgan fingerprint density at radius 3 is 2.33 bits per heavy atom. The molecule has 0 spiro atoms. The van der Waals surface area contributed by atoms with E-state index < -0.39 is 0 Å². The average molecular weight is 303 g/mol. The molecule has 1 aromatic heterocycles. The van der Waals surface area contributed by atoms with Crippen LogP contribution < -0.4 is 5.73 Å². The number of aryl methyl sites for hydroxylation is 1. The molecule has 0 saturated heterocycles. The second-order valence-electron chi connectivity index (χ2n) is 6.15. The molecule has 112 valence electrons. The molecule has 2 N–H and O–H groups in total. The van der Waals surface area contributed by atoms with Gasteiger partial charge in [-0.2, -0.15) is 0 Å². The van der Waals surface area contributed by atoms with E-state index >= 15 is 0 Å². The van der Waals surface area contributed by atoms with Crippen LogP contribution in [0.25, 0.3) is 0 Å². The van der Waals surface area contributed by atoms with Gasteiger partial charge >= 0.3 is 5.97 Å². The minimum Gasteiger partial charge on any atom is -0.457 e. The summed E-state index contributed by atoms with van der Waals surface area (Å²) in [5, 5.41) is 0. The number of carbonyl (C=O) groups is 1. The lowest BCUT2D eigenvalue weighted by atomic mass is 9.87. The van der Waals surface area contributed by atoms with Crippen molar-refractivity contribution in [2.24, 2.45) is 0 Å². The highest BCUT2D eigenvalue weighted by Gasteiger charge is 2.14. The Labute approximate surface area is 129 Å². The molecule has 2 rings (SSSR count). The van der Waals surface area contributed by atoms with E-state index in [0.717, 1.165) is 10.4 Å². The largest absolute Gasteiger partial charge is 0.457 e. The zero-order valence-corrected chi connectivity index (χ0v) is 13.7. The van der Waals surface area contributed by atoms with Gasteiger partial charge in [-0.1, -0.05) is 45.0 Å². The number of rotatable bonds is 3. The summed E-state index contributed by atoms with van der Waals surface area (Å²) < 4.78 is 5.32. The van der Waals surface area contributed by atoms with Crippen molar-refractivity contribution in [1.82, 2.24) is 0 Å². The molecule has 0 aliphatic rings. The van der Waals surface area contributed by atoms with Gasteiger partial charge in [0.15, 0.2) is 0 Å². The predicted molar refractivity (Wildman–Crippen MR) is 87.7 cm³/mol. The van der Waals surface area contributed by atoms with Gasteiger partial charge in [-0.25, -0.2) is 4.79 Å². The fraction of sp³-hybridized carbons (Fsp3) is 0.353. The number of thiophene rings is 1. The molecule has 3 nitrogen and oxygen atoms in total. The van der Waals surface area contributed by atoms with Crippen molar-refractivity contribution in [3.8, 4) is 0 Å². The Bertz CT molecular complexity index is 616. The Kier molecular flexibility index (Phi) is 4.37. The first-order chi connectivity index (χ1) is 9.77. The Hall–Kier alpha value is -1.81. The van der Waals surface area contributed by atoms with E-state index in [0.29, 0.717) is 10.6 Å². The summed E-state index contributed by atoms with van der Waals surface area (Å²) in [5.74, 6) is -0.320. The van der Waals surface area contributed by atoms with E-state index in [1.54, 1.807) is 6.07 Å². The molecule has 0 bridgehead atoms. The van der Waals surface area contributed by atoms with Gasteiger partial charge in [0.05, 0.1) is 0 Å². The number of carbonyl (C=O) groups excluding carboxylic acids is 1. The highest BCUT2D eigenvalue weighted by molar-refractivity contribution is 7.14. The van der Waals surface area contributed by atoms with E-state index in [-0.39, 0.29) is 18.0 Å². The molecule has 0 atom stereocenters. The third kappa shape index (κ3) is 3.85. The summed E-state index contributed by atoms with van der Waals surface area (Å²) in [6.07, 6.45) is 0. The number of ether oxygens (including phenoxy) is 1. The fourth-order valence-corrected chi connectivity index (χ4v) is 2.75. The number of hydrogen-bond acceptors (Lipinski definition) is 4. The summed E-state index contributed by atoms with van der Waals surface area (Å²) in [7, 11) is 0. The van der Waals surface area contributed by atoms with Crippen LogP contribution in [-0.4, -0.2) is 5.97 Å². The smallest absolute Gasteiger partial charge is 0.348 e. The minimum absolute atomic E-state index is 0.126. The van der Waals surface area contributed by atoms with Gasteiger partial charge in [0.25, 0.3) is 0 Å². The van der Waals surface area contributed by atoms with Crippen LogP contribution in [0.1, 0.15) is 46.4 Å². The summed E-state index contributed by atoms with van der Waals surface area (Å²) in [6, 6.07) is 9.84. The third-order valence-electron chi connectivity index (χ3n) is 3.35. The summed E-state index contributed by atoms with van der Waals surface area (Å²) >= 11 is 1.36. The maximum Gasteiger partial charge on any atom is 0.348 e. The molecular weight excluding hydrogens is 282 g/mol. The highest BCUT2D eigenvalue weighted by Crippen LogP contribution is 2.25. The van der Waals surface area contributed by atoms with Crippen LogP contribution in [0.15, 0.2) is 30.3 Å². The lowest BCUT2D eigenvalue weighted by Crippen LogP contribution is -2.11. The molecule has 0 unspecified atom stereocenters. The second kappa shape index (κ2) is 5.90. The number of esters is 1. The van der Waals surface area contributed by atoms with Crippen molar-refractivity contribution in [2.45, 2.75) is 39.7 Å². The molecule has 0 aliphatic carbocycles. The zero-order valence-electron chi connectivity index (χ0n) is 12.9. The van der Waals surface area contributed by atoms with Crippen molar-refractivity contribution in [3.63, 3.8) is 0 Å². The van der Waals surface area contributed by atoms with E-state index in [4.69, 9.17) is 10.5 Å². The van der Waals surface area contributed by atoms with Gasteiger partial charge in [-0.3, -0.25) is 0 Å². The van der Waals surface area contributed by atoms with Crippen LogP contribution >= 0.6 is 11.3 Å². The van der Waals surface area contributed by atoms with Gasteiger partial charge in [0, 0.05) is 10.6 Å². The second-order valence-corrected chi connectivity index (χ2v) is 7.40. The molecule has 0 saturated carbocycles. The number of anilines is 1. The highest BCUT2D eigenvalue weighted by atomic mass is 32.1. The molecule has 4 heteroatoms. The quantitative estimate of drug-likeness (QED) is 0.860. The van der Waals surface area contributed by atoms with Gasteiger partial charge in [-0.05, 0) is 29.5 Å². The Morgan fingerprint density at radius 1 is 1.24 bits per heavy atom. The molecule has 2 aromatic rings. The summed E-state index contributed by atoms with van der Waals surface area (Å²) in [5.41, 5.74) is 8.76. The fourth-order valence-electron chi connectivity index (χ4n) is 1.92. The van der Waals surface area contributed by atoms with E-state index in [2.05, 4.69) is 32.9 Å². The number of benzene rings is 1. The maximum atomic E-state index is 11.9. The molecule has 0 radical (unpaired) electrons. The zero-order chi connectivity index (χ0) is 15.6.